The lowest BCUT2D eigenvalue weighted by Gasteiger charge is -2.11. The summed E-state index contributed by atoms with van der Waals surface area (Å²) in [6, 6.07) is 5.65. The zero-order chi connectivity index (χ0) is 40.2. The van der Waals surface area contributed by atoms with Crippen molar-refractivity contribution in [1.82, 2.24) is 19.9 Å². The first-order valence-corrected chi connectivity index (χ1v) is 15.4. The highest BCUT2D eigenvalue weighted by molar-refractivity contribution is 6.01. The number of benzene rings is 3. The van der Waals surface area contributed by atoms with E-state index < -0.39 is 154 Å². The Bertz CT molecular complexity index is 2960. The number of halogens is 15. The standard InChI is InChI=1S/C37H11F15N4/c38-23-20(24(39)30(45)35(50)29(23)44)17-11-3-1-9(53-11)10-2-4-12(54-10)18(21-25(40)31(46)36(51)32(47)26(21)41)14-6-8-16(56-14)19(15-7-5-13(17)55-15)22-27(42)33(48)37(52)34(49)28(22)43/h1-8,53,55-56H. The molecule has 0 amide bonds. The van der Waals surface area contributed by atoms with E-state index in [9.17, 15) is 39.5 Å². The Morgan fingerprint density at radius 2 is 0.482 bits per heavy atom. The molecule has 0 unspecified atom stereocenters. The molecule has 4 aromatic heterocycles. The predicted molar refractivity (Wildman–Crippen MR) is 171 cm³/mol. The molecule has 7 aromatic rings. The van der Waals surface area contributed by atoms with E-state index in [2.05, 4.69) is 19.9 Å². The molecule has 0 fully saturated rings. The first-order valence-electron chi connectivity index (χ1n) is 15.4. The summed E-state index contributed by atoms with van der Waals surface area (Å²) in [6.07, 6.45) is 2.14. The first-order chi connectivity index (χ1) is 26.5. The second kappa shape index (κ2) is 12.7. The minimum Gasteiger partial charge on any atom is -0.354 e. The second-order valence-corrected chi connectivity index (χ2v) is 12.0. The molecule has 0 atom stereocenters. The average Bonchev–Trinajstić information content (AvgIpc) is 4.03. The predicted octanol–water partition coefficient (Wildman–Crippen LogP) is 11.8. The van der Waals surface area contributed by atoms with E-state index >= 15 is 26.3 Å². The number of aromatic amines is 3. The van der Waals surface area contributed by atoms with Crippen molar-refractivity contribution >= 4 is 45.3 Å². The zero-order valence-corrected chi connectivity index (χ0v) is 26.7. The molecule has 0 saturated carbocycles. The van der Waals surface area contributed by atoms with Crippen molar-refractivity contribution in [1.29, 1.82) is 0 Å². The average molecular weight is 796 g/mol. The van der Waals surface area contributed by atoms with Gasteiger partial charge in [-0.15, -0.1) is 0 Å². The van der Waals surface area contributed by atoms with Crippen LogP contribution in [0.3, 0.4) is 0 Å². The van der Waals surface area contributed by atoms with E-state index in [0.29, 0.717) is 0 Å². The number of fused-ring (bicyclic) bond motifs is 9. The summed E-state index contributed by atoms with van der Waals surface area (Å²) in [7, 11) is 0. The molecule has 1 aliphatic heterocycles. The van der Waals surface area contributed by atoms with Gasteiger partial charge >= 0.3 is 0 Å². The Morgan fingerprint density at radius 1 is 0.250 bits per heavy atom. The molecular weight excluding hydrogens is 785 g/mol. The lowest BCUT2D eigenvalue weighted by atomic mass is 10.0. The molecule has 56 heavy (non-hydrogen) atoms. The maximum atomic E-state index is 15.6. The third-order valence-electron chi connectivity index (χ3n) is 8.96. The SMILES string of the molecule is Fc1c(F)c(F)c(-c2c3nc(c4ccc([nH]4)c(-c4c(F)c(F)c(F)c(F)c4F)c4ccc([nH]4)c(-c4c(F)c(F)c(F)c(F)c4F)c4ccc2[nH]4)C=C3)c(F)c1F. The highest BCUT2D eigenvalue weighted by atomic mass is 19.2. The van der Waals surface area contributed by atoms with Crippen LogP contribution in [0.1, 0.15) is 11.4 Å². The van der Waals surface area contributed by atoms with Gasteiger partial charge in [0.1, 0.15) is 0 Å². The van der Waals surface area contributed by atoms with Gasteiger partial charge in [0, 0.05) is 44.3 Å². The lowest BCUT2D eigenvalue weighted by molar-refractivity contribution is 0.381. The van der Waals surface area contributed by atoms with E-state index in [-0.39, 0.29) is 11.2 Å². The molecular formula is C37H11F15N4. The van der Waals surface area contributed by atoms with Crippen molar-refractivity contribution in [3.05, 3.63) is 135 Å². The third kappa shape index (κ3) is 5.09. The number of hydrogen-bond acceptors (Lipinski definition) is 1. The van der Waals surface area contributed by atoms with E-state index in [1.165, 1.54) is 0 Å². The fourth-order valence-electron chi connectivity index (χ4n) is 6.42. The molecule has 5 heterocycles. The van der Waals surface area contributed by atoms with Crippen LogP contribution in [0.2, 0.25) is 0 Å². The Morgan fingerprint density at radius 3 is 0.821 bits per heavy atom. The molecule has 8 rings (SSSR count). The van der Waals surface area contributed by atoms with Gasteiger partial charge in [0.25, 0.3) is 0 Å². The largest absolute Gasteiger partial charge is 0.354 e. The summed E-state index contributed by atoms with van der Waals surface area (Å²) in [5.74, 6) is -36.5. The number of nitrogens with zero attached hydrogens (tertiary/aromatic N) is 1. The fourth-order valence-corrected chi connectivity index (χ4v) is 6.42. The number of aromatic nitrogens is 4. The minimum absolute atomic E-state index is 0.119. The fraction of sp³-hybridized carbons (Fsp3) is 0. The summed E-state index contributed by atoms with van der Waals surface area (Å²) in [4.78, 5) is 11.7. The summed E-state index contributed by atoms with van der Waals surface area (Å²) in [5.41, 5.74) is -11.4. The molecule has 284 valence electrons. The minimum atomic E-state index is -2.59. The van der Waals surface area contributed by atoms with Gasteiger partial charge in [0.15, 0.2) is 69.8 Å². The molecule has 0 saturated heterocycles. The Labute approximate surface area is 299 Å². The third-order valence-corrected chi connectivity index (χ3v) is 8.96. The van der Waals surface area contributed by atoms with Gasteiger partial charge < -0.3 is 15.0 Å². The highest BCUT2D eigenvalue weighted by Crippen LogP contribution is 2.42. The van der Waals surface area contributed by atoms with Crippen LogP contribution in [0.25, 0.3) is 78.6 Å². The van der Waals surface area contributed by atoms with Gasteiger partial charge in [0.2, 0.25) is 17.5 Å². The maximum Gasteiger partial charge on any atom is 0.200 e. The van der Waals surface area contributed by atoms with Gasteiger partial charge in [-0.1, -0.05) is 0 Å². The van der Waals surface area contributed by atoms with Crippen molar-refractivity contribution in [2.24, 2.45) is 0 Å². The maximum absolute atomic E-state index is 15.6. The smallest absolute Gasteiger partial charge is 0.200 e. The van der Waals surface area contributed by atoms with Crippen LogP contribution in [-0.4, -0.2) is 19.9 Å². The van der Waals surface area contributed by atoms with Crippen molar-refractivity contribution in [3.8, 4) is 33.4 Å². The van der Waals surface area contributed by atoms with Crippen LogP contribution in [0, 0.1) is 87.3 Å². The van der Waals surface area contributed by atoms with Gasteiger partial charge in [-0.25, -0.2) is 70.8 Å². The highest BCUT2D eigenvalue weighted by Gasteiger charge is 2.32. The van der Waals surface area contributed by atoms with Gasteiger partial charge in [-0.3, -0.25) is 0 Å². The molecule has 0 spiro atoms. The Hall–Kier alpha value is -6.66. The zero-order valence-electron chi connectivity index (χ0n) is 26.7. The number of hydrogen-bond donors (Lipinski definition) is 3. The molecule has 0 aliphatic carbocycles. The van der Waals surface area contributed by atoms with Gasteiger partial charge in [-0.2, -0.15) is 0 Å². The number of H-pyrrole nitrogens is 3. The van der Waals surface area contributed by atoms with Crippen LogP contribution in [-0.2, 0) is 0 Å². The summed E-state index contributed by atoms with van der Waals surface area (Å²) in [6.45, 7) is 0. The van der Waals surface area contributed by atoms with Crippen molar-refractivity contribution in [2.75, 3.05) is 0 Å². The Balaban J connectivity index is 1.65. The summed E-state index contributed by atoms with van der Waals surface area (Å²) in [5, 5.41) is 0. The topological polar surface area (TPSA) is 60.3 Å². The molecule has 1 aliphatic rings. The molecule has 3 aromatic carbocycles. The molecule has 4 nitrogen and oxygen atoms in total. The molecule has 3 N–H and O–H groups in total. The lowest BCUT2D eigenvalue weighted by Crippen LogP contribution is -2.05. The van der Waals surface area contributed by atoms with Crippen molar-refractivity contribution in [2.45, 2.75) is 0 Å². The molecule has 19 heteroatoms. The number of nitrogens with one attached hydrogen (secondary N) is 3. The molecule has 0 radical (unpaired) electrons. The molecule has 8 bridgehead atoms. The van der Waals surface area contributed by atoms with Crippen LogP contribution in [0.5, 0.6) is 0 Å². The van der Waals surface area contributed by atoms with Crippen LogP contribution in [0.15, 0.2) is 36.4 Å². The van der Waals surface area contributed by atoms with Crippen LogP contribution in [0.4, 0.5) is 65.9 Å². The van der Waals surface area contributed by atoms with Crippen molar-refractivity contribution < 1.29 is 65.9 Å². The van der Waals surface area contributed by atoms with Gasteiger partial charge in [0.05, 0.1) is 33.6 Å². The van der Waals surface area contributed by atoms with Crippen LogP contribution >= 0.6 is 0 Å². The van der Waals surface area contributed by atoms with E-state index in [4.69, 9.17) is 0 Å². The van der Waals surface area contributed by atoms with Crippen LogP contribution < -0.4 is 0 Å². The van der Waals surface area contributed by atoms with E-state index in [1.807, 2.05) is 0 Å². The Kier molecular flexibility index (Phi) is 8.24. The first kappa shape index (κ1) is 36.3. The monoisotopic (exact) mass is 796 g/mol. The summed E-state index contributed by atoms with van der Waals surface area (Å²) < 4.78 is 223. The normalized spacial score (nSPS) is 12.1. The number of rotatable bonds is 3. The quantitative estimate of drug-likeness (QED) is 0.0931. The van der Waals surface area contributed by atoms with E-state index in [0.717, 1.165) is 48.6 Å². The van der Waals surface area contributed by atoms with Crippen molar-refractivity contribution in [3.63, 3.8) is 0 Å². The van der Waals surface area contributed by atoms with E-state index in [1.54, 1.807) is 0 Å². The second-order valence-electron chi connectivity index (χ2n) is 12.0. The summed E-state index contributed by atoms with van der Waals surface area (Å²) >= 11 is 0. The van der Waals surface area contributed by atoms with Gasteiger partial charge in [-0.05, 0) is 48.6 Å².